The van der Waals surface area contributed by atoms with E-state index >= 15 is 0 Å². The molecule has 0 spiro atoms. The van der Waals surface area contributed by atoms with E-state index in [-0.39, 0.29) is 28.5 Å². The lowest BCUT2D eigenvalue weighted by atomic mass is 10.00. The summed E-state index contributed by atoms with van der Waals surface area (Å²) in [5.41, 5.74) is 2.30. The highest BCUT2D eigenvalue weighted by molar-refractivity contribution is 7.16. The molecule has 2 amide bonds. The van der Waals surface area contributed by atoms with Crippen LogP contribution in [0.15, 0.2) is 23.0 Å². The zero-order chi connectivity index (χ0) is 21.1. The third-order valence-electron chi connectivity index (χ3n) is 6.59. The molecule has 1 aromatic heterocycles. The van der Waals surface area contributed by atoms with E-state index in [1.807, 2.05) is 13.1 Å². The van der Waals surface area contributed by atoms with Gasteiger partial charge < -0.3 is 9.88 Å². The first kappa shape index (κ1) is 21.2. The van der Waals surface area contributed by atoms with E-state index in [2.05, 4.69) is 17.4 Å². The van der Waals surface area contributed by atoms with Crippen LogP contribution in [0, 0.1) is 11.8 Å². The van der Waals surface area contributed by atoms with E-state index in [9.17, 15) is 14.4 Å². The molecule has 2 aliphatic rings. The fourth-order valence-corrected chi connectivity index (χ4v) is 5.78. The lowest BCUT2D eigenvalue weighted by molar-refractivity contribution is -0.140. The number of fused-ring (bicyclic) bond motifs is 2. The van der Waals surface area contributed by atoms with Crippen LogP contribution < -0.4 is 10.2 Å². The Kier molecular flexibility index (Phi) is 6.68. The van der Waals surface area contributed by atoms with Gasteiger partial charge in [-0.05, 0) is 75.7 Å². The van der Waals surface area contributed by atoms with E-state index in [4.69, 9.17) is 0 Å². The van der Waals surface area contributed by atoms with Gasteiger partial charge in [-0.1, -0.05) is 23.8 Å². The number of nitrogens with zero attached hydrogens (tertiary/aromatic N) is 2. The lowest BCUT2D eigenvalue weighted by Crippen LogP contribution is -2.33. The van der Waals surface area contributed by atoms with Crippen molar-refractivity contribution in [3.8, 4) is 0 Å². The van der Waals surface area contributed by atoms with E-state index in [0.717, 1.165) is 74.7 Å². The van der Waals surface area contributed by atoms with Gasteiger partial charge in [0.2, 0.25) is 11.8 Å². The summed E-state index contributed by atoms with van der Waals surface area (Å²) < 4.78 is 2.77. The predicted octanol–water partition coefficient (Wildman–Crippen LogP) is 3.08. The molecule has 0 bridgehead atoms. The second-order valence-corrected chi connectivity index (χ2v) is 9.61. The van der Waals surface area contributed by atoms with E-state index in [0.29, 0.717) is 6.54 Å². The number of rotatable bonds is 10. The zero-order valence-electron chi connectivity index (χ0n) is 17.7. The smallest absolute Gasteiger partial charge is 0.307 e. The molecule has 7 heteroatoms. The number of aromatic nitrogens is 1. The molecular formula is C23H31N3O3S. The maximum atomic E-state index is 12.3. The molecule has 1 aliphatic carbocycles. The van der Waals surface area contributed by atoms with Gasteiger partial charge in [0, 0.05) is 13.6 Å². The summed E-state index contributed by atoms with van der Waals surface area (Å²) in [6, 6.07) is 6.31. The minimum absolute atomic E-state index is 0.0127. The predicted molar refractivity (Wildman–Crippen MR) is 120 cm³/mol. The molecule has 1 N–H and O–H groups in total. The maximum Gasteiger partial charge on any atom is 0.307 e. The SMILES string of the molecule is Cn1c(=O)sc2cc(CCCCNCCCCN3C(=O)C4CCCC4C3=O)ccc21. The Labute approximate surface area is 181 Å². The molecule has 1 saturated heterocycles. The van der Waals surface area contributed by atoms with Crippen LogP contribution in [0.5, 0.6) is 0 Å². The quantitative estimate of drug-likeness (QED) is 0.465. The summed E-state index contributed by atoms with van der Waals surface area (Å²) in [6.07, 6.45) is 7.91. The molecule has 0 radical (unpaired) electrons. The average molecular weight is 430 g/mol. The number of hydrogen-bond donors (Lipinski definition) is 1. The largest absolute Gasteiger partial charge is 0.317 e. The van der Waals surface area contributed by atoms with Gasteiger partial charge >= 0.3 is 4.87 Å². The summed E-state index contributed by atoms with van der Waals surface area (Å²) in [6.45, 7) is 2.49. The molecule has 1 aromatic carbocycles. The second-order valence-electron chi connectivity index (χ2n) is 8.62. The molecule has 30 heavy (non-hydrogen) atoms. The number of amides is 2. The van der Waals surface area contributed by atoms with E-state index in [1.54, 1.807) is 4.57 Å². The van der Waals surface area contributed by atoms with Gasteiger partial charge in [-0.15, -0.1) is 0 Å². The Hall–Kier alpha value is -1.99. The molecule has 2 atom stereocenters. The van der Waals surface area contributed by atoms with Crippen molar-refractivity contribution < 1.29 is 9.59 Å². The molecule has 1 saturated carbocycles. The monoisotopic (exact) mass is 429 g/mol. The molecule has 1 aliphatic heterocycles. The highest BCUT2D eigenvalue weighted by Crippen LogP contribution is 2.39. The van der Waals surface area contributed by atoms with Crippen molar-refractivity contribution in [2.45, 2.75) is 51.4 Å². The number of carbonyl (C=O) groups is 2. The van der Waals surface area contributed by atoms with Crippen molar-refractivity contribution in [2.75, 3.05) is 19.6 Å². The number of likely N-dealkylation sites (tertiary alicyclic amines) is 1. The minimum Gasteiger partial charge on any atom is -0.317 e. The first-order valence-electron chi connectivity index (χ1n) is 11.2. The van der Waals surface area contributed by atoms with Gasteiger partial charge in [0.25, 0.3) is 0 Å². The highest BCUT2D eigenvalue weighted by Gasteiger charge is 2.49. The van der Waals surface area contributed by atoms with Crippen molar-refractivity contribution in [3.05, 3.63) is 33.4 Å². The fourth-order valence-electron chi connectivity index (χ4n) is 4.84. The summed E-state index contributed by atoms with van der Waals surface area (Å²) in [5, 5.41) is 3.47. The summed E-state index contributed by atoms with van der Waals surface area (Å²) in [4.78, 5) is 38.0. The Bertz CT molecular complexity index is 958. The molecular weight excluding hydrogens is 398 g/mol. The van der Waals surface area contributed by atoms with E-state index in [1.165, 1.54) is 21.8 Å². The number of carbonyl (C=O) groups excluding carboxylic acids is 2. The fraction of sp³-hybridized carbons (Fsp3) is 0.609. The number of hydrogen-bond acceptors (Lipinski definition) is 5. The summed E-state index contributed by atoms with van der Waals surface area (Å²) in [7, 11) is 1.82. The van der Waals surface area contributed by atoms with Crippen LogP contribution in [-0.2, 0) is 23.1 Å². The van der Waals surface area contributed by atoms with Crippen LogP contribution in [-0.4, -0.2) is 40.9 Å². The normalized spacial score (nSPS) is 21.2. The number of unbranched alkanes of at least 4 members (excludes halogenated alkanes) is 2. The molecule has 2 aromatic rings. The van der Waals surface area contributed by atoms with Gasteiger partial charge in [-0.25, -0.2) is 0 Å². The third-order valence-corrected chi connectivity index (χ3v) is 7.59. The van der Waals surface area contributed by atoms with Gasteiger partial charge in [0.05, 0.1) is 22.1 Å². The minimum atomic E-state index is -0.0127. The molecule has 162 valence electrons. The van der Waals surface area contributed by atoms with Crippen LogP contribution >= 0.6 is 11.3 Å². The van der Waals surface area contributed by atoms with E-state index < -0.39 is 0 Å². The Morgan fingerprint density at radius 1 is 1.00 bits per heavy atom. The zero-order valence-corrected chi connectivity index (χ0v) is 18.5. The van der Waals surface area contributed by atoms with Gasteiger partial charge in [0.1, 0.15) is 0 Å². The molecule has 6 nitrogen and oxygen atoms in total. The number of nitrogens with one attached hydrogen (secondary N) is 1. The number of aryl methyl sites for hydroxylation is 2. The second kappa shape index (κ2) is 9.43. The first-order chi connectivity index (χ1) is 14.6. The van der Waals surface area contributed by atoms with Gasteiger partial charge in [-0.3, -0.25) is 19.3 Å². The lowest BCUT2D eigenvalue weighted by Gasteiger charge is -2.15. The number of benzene rings is 1. The number of thiazole rings is 1. The van der Waals surface area contributed by atoms with Crippen LogP contribution in [0.3, 0.4) is 0 Å². The van der Waals surface area contributed by atoms with Crippen LogP contribution in [0.25, 0.3) is 10.2 Å². The first-order valence-corrected chi connectivity index (χ1v) is 12.0. The Morgan fingerprint density at radius 3 is 2.43 bits per heavy atom. The molecule has 2 heterocycles. The third kappa shape index (κ3) is 4.37. The van der Waals surface area contributed by atoms with Crippen molar-refractivity contribution in [3.63, 3.8) is 0 Å². The van der Waals surface area contributed by atoms with Crippen molar-refractivity contribution in [2.24, 2.45) is 18.9 Å². The molecule has 2 fully saturated rings. The maximum absolute atomic E-state index is 12.3. The van der Waals surface area contributed by atoms with Crippen molar-refractivity contribution in [1.82, 2.24) is 14.8 Å². The highest BCUT2D eigenvalue weighted by atomic mass is 32.1. The standard InChI is InChI=1S/C23H31N3O3S/c1-25-19-11-10-16(15-20(19)30-23(25)29)7-2-3-12-24-13-4-5-14-26-21(27)17-8-6-9-18(17)22(26)28/h10-11,15,17-18,24H,2-9,12-14H2,1H3. The average Bonchev–Trinajstić information content (AvgIpc) is 3.39. The van der Waals surface area contributed by atoms with Crippen molar-refractivity contribution in [1.29, 1.82) is 0 Å². The van der Waals surface area contributed by atoms with Gasteiger partial charge in [-0.2, -0.15) is 0 Å². The van der Waals surface area contributed by atoms with Crippen LogP contribution in [0.1, 0.15) is 50.5 Å². The molecule has 4 rings (SSSR count). The summed E-state index contributed by atoms with van der Waals surface area (Å²) in [5.74, 6) is 0.135. The van der Waals surface area contributed by atoms with Crippen molar-refractivity contribution >= 4 is 33.4 Å². The van der Waals surface area contributed by atoms with Crippen LogP contribution in [0.4, 0.5) is 0 Å². The topological polar surface area (TPSA) is 71.4 Å². The summed E-state index contributed by atoms with van der Waals surface area (Å²) >= 11 is 1.31. The Balaban J connectivity index is 1.07. The molecule has 2 unspecified atom stereocenters. The van der Waals surface area contributed by atoms with Gasteiger partial charge in [0.15, 0.2) is 0 Å². The number of imide groups is 1. The Morgan fingerprint density at radius 2 is 1.70 bits per heavy atom. The van der Waals surface area contributed by atoms with Crippen LogP contribution in [0.2, 0.25) is 0 Å².